The number of aromatic nitrogens is 3. The molecule has 1 amide bonds. The van der Waals surface area contributed by atoms with Gasteiger partial charge < -0.3 is 5.32 Å². The Morgan fingerprint density at radius 2 is 2.10 bits per heavy atom. The van der Waals surface area contributed by atoms with Gasteiger partial charge in [0.05, 0.1) is 40.6 Å². The van der Waals surface area contributed by atoms with E-state index in [-0.39, 0.29) is 12.1 Å². The first-order valence-electron chi connectivity index (χ1n) is 9.49. The van der Waals surface area contributed by atoms with Gasteiger partial charge in [-0.1, -0.05) is 11.6 Å². The summed E-state index contributed by atoms with van der Waals surface area (Å²) in [7, 11) is -3.91. The van der Waals surface area contributed by atoms with E-state index >= 15 is 0 Å². The summed E-state index contributed by atoms with van der Waals surface area (Å²) in [5.41, 5.74) is 1.06. The van der Waals surface area contributed by atoms with E-state index in [1.165, 1.54) is 6.20 Å². The van der Waals surface area contributed by atoms with E-state index in [0.717, 1.165) is 36.1 Å². The first kappa shape index (κ1) is 21.4. The molecule has 4 rings (SSSR count). The van der Waals surface area contributed by atoms with E-state index in [1.54, 1.807) is 6.07 Å². The first-order chi connectivity index (χ1) is 14.8. The molecule has 0 bridgehead atoms. The van der Waals surface area contributed by atoms with Crippen LogP contribution in [0.3, 0.4) is 0 Å². The van der Waals surface area contributed by atoms with Crippen molar-refractivity contribution >= 4 is 49.9 Å². The number of alkyl halides is 1. The largest absolute Gasteiger partial charge is 0.320 e. The number of hydrogen-bond donors (Lipinski definition) is 3. The highest BCUT2D eigenvalue weighted by Crippen LogP contribution is 2.42. The summed E-state index contributed by atoms with van der Waals surface area (Å²) in [6, 6.07) is 3.71. The van der Waals surface area contributed by atoms with Crippen LogP contribution >= 0.6 is 11.6 Å². The van der Waals surface area contributed by atoms with Crippen LogP contribution in [-0.2, 0) is 10.0 Å². The van der Waals surface area contributed by atoms with Crippen molar-refractivity contribution in [3.8, 4) is 0 Å². The monoisotopic (exact) mass is 469 g/mol. The summed E-state index contributed by atoms with van der Waals surface area (Å²) in [5.74, 6) is -1.89. The highest BCUT2D eigenvalue weighted by atomic mass is 35.5. The summed E-state index contributed by atoms with van der Waals surface area (Å²) in [5, 5.41) is 9.99. The lowest BCUT2D eigenvalue weighted by molar-refractivity contribution is 0.102. The molecule has 1 aromatic carbocycles. The Kier molecular flexibility index (Phi) is 5.80. The summed E-state index contributed by atoms with van der Waals surface area (Å²) in [4.78, 5) is 16.9. The molecule has 2 heterocycles. The summed E-state index contributed by atoms with van der Waals surface area (Å²) < 4.78 is 52.9. The molecule has 0 unspecified atom stereocenters. The Hall–Kier alpha value is -2.79. The number of carbonyl (C=O) groups excluding carboxylic acids is 1. The molecule has 31 heavy (non-hydrogen) atoms. The van der Waals surface area contributed by atoms with Crippen molar-refractivity contribution in [3.63, 3.8) is 0 Å². The molecule has 0 spiro atoms. The van der Waals surface area contributed by atoms with Gasteiger partial charge in [-0.25, -0.2) is 17.8 Å². The SMILES string of the molecule is O=C(Nc1cnc2n[nH]c(C3CC3)c2c1)c1c(F)ccc(NS(=O)(=O)CCCF)c1Cl. The number of sulfonamides is 1. The fourth-order valence-electron chi connectivity index (χ4n) is 3.17. The average Bonchev–Trinajstić information content (AvgIpc) is 3.48. The van der Waals surface area contributed by atoms with Gasteiger partial charge in [-0.05, 0) is 37.5 Å². The van der Waals surface area contributed by atoms with Crippen molar-refractivity contribution < 1.29 is 22.0 Å². The highest BCUT2D eigenvalue weighted by molar-refractivity contribution is 7.92. The number of anilines is 2. The van der Waals surface area contributed by atoms with Crippen LogP contribution in [0.4, 0.5) is 20.2 Å². The van der Waals surface area contributed by atoms with Crippen molar-refractivity contribution in [3.05, 3.63) is 46.5 Å². The number of halogens is 3. The number of nitrogens with one attached hydrogen (secondary N) is 3. The van der Waals surface area contributed by atoms with Crippen LogP contribution in [0.25, 0.3) is 11.0 Å². The van der Waals surface area contributed by atoms with Gasteiger partial charge in [-0.2, -0.15) is 5.10 Å². The van der Waals surface area contributed by atoms with E-state index in [2.05, 4.69) is 25.2 Å². The normalized spacial score (nSPS) is 14.0. The molecule has 164 valence electrons. The van der Waals surface area contributed by atoms with Gasteiger partial charge in [0.25, 0.3) is 5.91 Å². The van der Waals surface area contributed by atoms with E-state index < -0.39 is 44.8 Å². The van der Waals surface area contributed by atoms with Gasteiger partial charge >= 0.3 is 0 Å². The molecule has 3 N–H and O–H groups in total. The molecule has 3 aromatic rings. The van der Waals surface area contributed by atoms with Crippen LogP contribution in [0, 0.1) is 5.82 Å². The molecule has 12 heteroatoms. The predicted molar refractivity (Wildman–Crippen MR) is 113 cm³/mol. The molecule has 8 nitrogen and oxygen atoms in total. The molecular weight excluding hydrogens is 452 g/mol. The van der Waals surface area contributed by atoms with E-state index in [4.69, 9.17) is 11.6 Å². The zero-order valence-corrected chi connectivity index (χ0v) is 17.7. The number of nitrogens with zero attached hydrogens (tertiary/aromatic N) is 2. The molecule has 2 aromatic heterocycles. The van der Waals surface area contributed by atoms with Gasteiger partial charge in [-0.15, -0.1) is 0 Å². The lowest BCUT2D eigenvalue weighted by Gasteiger charge is -2.13. The Morgan fingerprint density at radius 1 is 1.32 bits per heavy atom. The van der Waals surface area contributed by atoms with Crippen LogP contribution in [-0.4, -0.2) is 41.9 Å². The quantitative estimate of drug-likeness (QED) is 0.461. The molecule has 1 saturated carbocycles. The molecule has 1 aliphatic carbocycles. The maximum atomic E-state index is 14.4. The van der Waals surface area contributed by atoms with Crippen molar-refractivity contribution in [1.29, 1.82) is 0 Å². The lowest BCUT2D eigenvalue weighted by Crippen LogP contribution is -2.19. The summed E-state index contributed by atoms with van der Waals surface area (Å²) in [6.45, 7) is -0.802. The fourth-order valence-corrected chi connectivity index (χ4v) is 4.60. The van der Waals surface area contributed by atoms with Crippen molar-refractivity contribution in [2.24, 2.45) is 0 Å². The van der Waals surface area contributed by atoms with Gasteiger partial charge in [0.2, 0.25) is 10.0 Å². The van der Waals surface area contributed by atoms with E-state index in [0.29, 0.717) is 17.3 Å². The van der Waals surface area contributed by atoms with Gasteiger partial charge in [-0.3, -0.25) is 19.0 Å². The number of rotatable bonds is 8. The summed E-state index contributed by atoms with van der Waals surface area (Å²) >= 11 is 6.14. The van der Waals surface area contributed by atoms with Crippen LogP contribution in [0.5, 0.6) is 0 Å². The third-order valence-corrected chi connectivity index (χ3v) is 6.56. The predicted octanol–water partition coefficient (Wildman–Crippen LogP) is 3.98. The minimum atomic E-state index is -3.91. The second-order valence-corrected chi connectivity index (χ2v) is 9.43. The second kappa shape index (κ2) is 8.39. The smallest absolute Gasteiger partial charge is 0.260 e. The molecule has 1 aliphatic rings. The first-order valence-corrected chi connectivity index (χ1v) is 11.5. The van der Waals surface area contributed by atoms with Crippen LogP contribution in [0.15, 0.2) is 24.4 Å². The van der Waals surface area contributed by atoms with Crippen LogP contribution in [0.1, 0.15) is 41.2 Å². The molecular formula is C19H18ClF2N5O3S. The number of hydrogen-bond acceptors (Lipinski definition) is 5. The standard InChI is InChI=1S/C19H18ClF2N5O3S/c20-16-14(27-31(29,30)7-1-6-21)5-4-13(22)15(16)19(28)24-11-8-12-17(10-2-3-10)25-26-18(12)23-9-11/h4-5,8-10,27H,1-3,6-7H2,(H,24,28)(H,23,25,26). The third-order valence-electron chi connectivity index (χ3n) is 4.81. The van der Waals surface area contributed by atoms with E-state index in [1.807, 2.05) is 0 Å². The molecule has 0 atom stereocenters. The number of pyridine rings is 1. The van der Waals surface area contributed by atoms with Crippen LogP contribution in [0.2, 0.25) is 5.02 Å². The molecule has 0 aliphatic heterocycles. The van der Waals surface area contributed by atoms with Crippen molar-refractivity contribution in [2.45, 2.75) is 25.2 Å². The zero-order chi connectivity index (χ0) is 22.2. The topological polar surface area (TPSA) is 117 Å². The lowest BCUT2D eigenvalue weighted by atomic mass is 10.1. The maximum absolute atomic E-state index is 14.4. The Labute approximate surface area is 181 Å². The van der Waals surface area contributed by atoms with Gasteiger partial charge in [0.1, 0.15) is 5.82 Å². The van der Waals surface area contributed by atoms with E-state index in [9.17, 15) is 22.0 Å². The number of H-pyrrole nitrogens is 1. The fraction of sp³-hybridized carbons (Fsp3) is 0.316. The second-order valence-electron chi connectivity index (χ2n) is 7.21. The average molecular weight is 470 g/mol. The Morgan fingerprint density at radius 3 is 2.81 bits per heavy atom. The van der Waals surface area contributed by atoms with Crippen LogP contribution < -0.4 is 10.0 Å². The molecule has 1 fully saturated rings. The number of benzene rings is 1. The van der Waals surface area contributed by atoms with Crippen molar-refractivity contribution in [2.75, 3.05) is 22.5 Å². The Balaban J connectivity index is 1.59. The number of carbonyl (C=O) groups is 1. The number of amides is 1. The Bertz CT molecular complexity index is 1260. The molecule has 0 radical (unpaired) electrons. The molecule has 0 saturated heterocycles. The third kappa shape index (κ3) is 4.62. The van der Waals surface area contributed by atoms with Gasteiger partial charge in [0, 0.05) is 17.0 Å². The zero-order valence-electron chi connectivity index (χ0n) is 16.1. The maximum Gasteiger partial charge on any atom is 0.260 e. The number of fused-ring (bicyclic) bond motifs is 1. The highest BCUT2D eigenvalue weighted by Gasteiger charge is 2.28. The summed E-state index contributed by atoms with van der Waals surface area (Å²) in [6.07, 6.45) is 3.27. The minimum absolute atomic E-state index is 0.175. The minimum Gasteiger partial charge on any atom is -0.320 e. The number of aromatic amines is 1. The van der Waals surface area contributed by atoms with Crippen molar-refractivity contribution in [1.82, 2.24) is 15.2 Å². The van der Waals surface area contributed by atoms with Gasteiger partial charge in [0.15, 0.2) is 5.65 Å².